The molecule has 2 aliphatic rings. The minimum absolute atomic E-state index is 0.192. The van der Waals surface area contributed by atoms with Crippen LogP contribution in [-0.4, -0.2) is 35.2 Å². The Morgan fingerprint density at radius 2 is 2.08 bits per heavy atom. The number of nitrogens with two attached hydrogens (primary N) is 1. The monoisotopic (exact) mass is 358 g/mol. The van der Waals surface area contributed by atoms with E-state index in [0.29, 0.717) is 36.4 Å². The van der Waals surface area contributed by atoms with Crippen molar-refractivity contribution in [2.45, 2.75) is 64.1 Å². The van der Waals surface area contributed by atoms with Crippen LogP contribution in [0.25, 0.3) is 0 Å². The van der Waals surface area contributed by atoms with Gasteiger partial charge in [-0.1, -0.05) is 24.0 Å². The van der Waals surface area contributed by atoms with Crippen LogP contribution < -0.4 is 5.73 Å². The van der Waals surface area contributed by atoms with Crippen molar-refractivity contribution in [1.82, 2.24) is 4.90 Å². The molecule has 2 atom stereocenters. The maximum absolute atomic E-state index is 14.8. The molecular weight excluding hydrogens is 331 g/mol. The average molecular weight is 358 g/mol. The molecule has 26 heavy (non-hydrogen) atoms. The molecule has 1 aromatic carbocycles. The summed E-state index contributed by atoms with van der Waals surface area (Å²) in [6.45, 7) is 6.02. The topological polar surface area (TPSA) is 55.6 Å². The number of carbonyl (C=O) groups excluding carboxylic acids is 1. The largest absolute Gasteiger partial charge is 0.444 e. The lowest BCUT2D eigenvalue weighted by atomic mass is 9.98. The number of hydrogen-bond donors (Lipinski definition) is 1. The molecule has 5 heteroatoms. The standard InChI is InChI=1S/C21H27FN2O2/c1-21(2,3)26-20(25)24-12-11-17(23)18(24)13-16-6-4-5-15(19(16)22)10-9-14-7-8-14/h4-6,14,17-18H,7-8,11-13,23H2,1-3H3. The van der Waals surface area contributed by atoms with Gasteiger partial charge in [-0.15, -0.1) is 0 Å². The van der Waals surface area contributed by atoms with Crippen LogP contribution >= 0.6 is 0 Å². The van der Waals surface area contributed by atoms with Crippen LogP contribution in [-0.2, 0) is 11.2 Å². The van der Waals surface area contributed by atoms with E-state index in [1.807, 2.05) is 26.8 Å². The van der Waals surface area contributed by atoms with E-state index >= 15 is 0 Å². The van der Waals surface area contributed by atoms with E-state index < -0.39 is 5.60 Å². The highest BCUT2D eigenvalue weighted by molar-refractivity contribution is 5.69. The zero-order chi connectivity index (χ0) is 18.9. The van der Waals surface area contributed by atoms with E-state index in [-0.39, 0.29) is 24.0 Å². The Balaban J connectivity index is 1.77. The van der Waals surface area contributed by atoms with E-state index in [9.17, 15) is 9.18 Å². The summed E-state index contributed by atoms with van der Waals surface area (Å²) in [5.41, 5.74) is 6.61. The molecule has 1 saturated carbocycles. The number of hydrogen-bond acceptors (Lipinski definition) is 3. The number of rotatable bonds is 2. The van der Waals surface area contributed by atoms with Crippen LogP contribution in [0.15, 0.2) is 18.2 Å². The second kappa shape index (κ2) is 7.28. The van der Waals surface area contributed by atoms with Crippen molar-refractivity contribution >= 4 is 6.09 Å². The molecule has 1 heterocycles. The summed E-state index contributed by atoms with van der Waals surface area (Å²) in [7, 11) is 0. The molecule has 2 fully saturated rings. The minimum atomic E-state index is -0.572. The van der Waals surface area contributed by atoms with Crippen LogP contribution in [0, 0.1) is 23.6 Å². The van der Waals surface area contributed by atoms with Crippen molar-refractivity contribution in [3.63, 3.8) is 0 Å². The number of amides is 1. The van der Waals surface area contributed by atoms with Crippen LogP contribution in [0.3, 0.4) is 0 Å². The van der Waals surface area contributed by atoms with Gasteiger partial charge in [-0.05, 0) is 58.1 Å². The zero-order valence-electron chi connectivity index (χ0n) is 15.7. The molecule has 4 nitrogen and oxygen atoms in total. The van der Waals surface area contributed by atoms with Crippen molar-refractivity contribution < 1.29 is 13.9 Å². The second-order valence-corrected chi connectivity index (χ2v) is 8.22. The normalized spacial score (nSPS) is 22.7. The lowest BCUT2D eigenvalue weighted by Crippen LogP contribution is -2.46. The summed E-state index contributed by atoms with van der Waals surface area (Å²) in [6.07, 6.45) is 2.88. The Bertz CT molecular complexity index is 741. The molecule has 1 aliphatic carbocycles. The SMILES string of the molecule is CC(C)(C)OC(=O)N1CCC(N)C1Cc1cccc(C#CC2CC2)c1F. The highest BCUT2D eigenvalue weighted by Gasteiger charge is 2.37. The van der Waals surface area contributed by atoms with Crippen LogP contribution in [0.5, 0.6) is 0 Å². The van der Waals surface area contributed by atoms with Crippen LogP contribution in [0.1, 0.15) is 51.2 Å². The second-order valence-electron chi connectivity index (χ2n) is 8.22. The fourth-order valence-corrected chi connectivity index (χ4v) is 3.15. The number of likely N-dealkylation sites (tertiary alicyclic amines) is 1. The maximum Gasteiger partial charge on any atom is 0.410 e. The first-order chi connectivity index (χ1) is 12.2. The van der Waals surface area contributed by atoms with Gasteiger partial charge in [0.25, 0.3) is 0 Å². The number of ether oxygens (including phenoxy) is 1. The van der Waals surface area contributed by atoms with Crippen molar-refractivity contribution in [3.8, 4) is 11.8 Å². The van der Waals surface area contributed by atoms with Gasteiger partial charge in [0, 0.05) is 18.5 Å². The van der Waals surface area contributed by atoms with Crippen molar-refractivity contribution in [2.24, 2.45) is 11.7 Å². The predicted octanol–water partition coefficient (Wildman–Crippen LogP) is 3.47. The molecular formula is C21H27FN2O2. The Hall–Kier alpha value is -2.06. The van der Waals surface area contributed by atoms with Crippen molar-refractivity contribution in [3.05, 3.63) is 35.1 Å². The van der Waals surface area contributed by atoms with Gasteiger partial charge in [-0.2, -0.15) is 0 Å². The molecule has 1 aliphatic heterocycles. The van der Waals surface area contributed by atoms with Crippen molar-refractivity contribution in [1.29, 1.82) is 0 Å². The quantitative estimate of drug-likeness (QED) is 0.824. The van der Waals surface area contributed by atoms with Gasteiger partial charge in [0.2, 0.25) is 0 Å². The van der Waals surface area contributed by atoms with Crippen LogP contribution in [0.4, 0.5) is 9.18 Å². The van der Waals surface area contributed by atoms with Crippen molar-refractivity contribution in [2.75, 3.05) is 6.54 Å². The summed E-state index contributed by atoms with van der Waals surface area (Å²) >= 11 is 0. The fraction of sp³-hybridized carbons (Fsp3) is 0.571. The molecule has 0 aromatic heterocycles. The fourth-order valence-electron chi connectivity index (χ4n) is 3.15. The summed E-state index contributed by atoms with van der Waals surface area (Å²) in [5, 5.41) is 0. The molecule has 1 aromatic rings. The Morgan fingerprint density at radius 3 is 2.73 bits per heavy atom. The third-order valence-corrected chi connectivity index (χ3v) is 4.72. The maximum atomic E-state index is 14.8. The molecule has 1 amide bonds. The van der Waals surface area contributed by atoms with Gasteiger partial charge >= 0.3 is 6.09 Å². The molecule has 2 unspecified atom stereocenters. The molecule has 0 spiro atoms. The smallest absolute Gasteiger partial charge is 0.410 e. The van der Waals surface area contributed by atoms with Crippen LogP contribution in [0.2, 0.25) is 0 Å². The first kappa shape index (κ1) is 18.7. The molecule has 3 rings (SSSR count). The number of nitrogens with zero attached hydrogens (tertiary/aromatic N) is 1. The molecule has 0 bridgehead atoms. The number of carbonyl (C=O) groups is 1. The number of benzene rings is 1. The first-order valence-corrected chi connectivity index (χ1v) is 9.29. The number of halogens is 1. The molecule has 140 valence electrons. The van der Waals surface area contributed by atoms with Gasteiger partial charge in [0.05, 0.1) is 11.6 Å². The Labute approximate surface area is 154 Å². The third kappa shape index (κ3) is 4.56. The summed E-state index contributed by atoms with van der Waals surface area (Å²) in [5.74, 6) is 6.17. The minimum Gasteiger partial charge on any atom is -0.444 e. The lowest BCUT2D eigenvalue weighted by molar-refractivity contribution is 0.0220. The summed E-state index contributed by atoms with van der Waals surface area (Å²) in [4.78, 5) is 14.1. The zero-order valence-corrected chi connectivity index (χ0v) is 15.7. The van der Waals surface area contributed by atoms with E-state index in [1.165, 1.54) is 0 Å². The molecule has 1 saturated heterocycles. The Kier molecular flexibility index (Phi) is 5.24. The first-order valence-electron chi connectivity index (χ1n) is 9.29. The highest BCUT2D eigenvalue weighted by Crippen LogP contribution is 2.28. The average Bonchev–Trinajstić information content (AvgIpc) is 3.30. The predicted molar refractivity (Wildman–Crippen MR) is 99.0 cm³/mol. The van der Waals surface area contributed by atoms with Gasteiger partial charge in [-0.3, -0.25) is 0 Å². The summed E-state index contributed by atoms with van der Waals surface area (Å²) < 4.78 is 20.3. The highest BCUT2D eigenvalue weighted by atomic mass is 19.1. The molecule has 0 radical (unpaired) electrons. The summed E-state index contributed by atoms with van der Waals surface area (Å²) in [6, 6.07) is 4.80. The van der Waals surface area contributed by atoms with E-state index in [4.69, 9.17) is 10.5 Å². The lowest BCUT2D eigenvalue weighted by Gasteiger charge is -2.30. The van der Waals surface area contributed by atoms with Gasteiger partial charge in [0.15, 0.2) is 0 Å². The van der Waals surface area contributed by atoms with Gasteiger partial charge < -0.3 is 15.4 Å². The molecule has 2 N–H and O–H groups in total. The van der Waals surface area contributed by atoms with Gasteiger partial charge in [0.1, 0.15) is 11.4 Å². The third-order valence-electron chi connectivity index (χ3n) is 4.72. The Morgan fingerprint density at radius 1 is 1.35 bits per heavy atom. The van der Waals surface area contributed by atoms with Gasteiger partial charge in [-0.25, -0.2) is 9.18 Å². The van der Waals surface area contributed by atoms with E-state index in [2.05, 4.69) is 11.8 Å². The van der Waals surface area contributed by atoms with E-state index in [0.717, 1.165) is 12.8 Å². The van der Waals surface area contributed by atoms with E-state index in [1.54, 1.807) is 17.0 Å².